The van der Waals surface area contributed by atoms with Gasteiger partial charge in [0.15, 0.2) is 0 Å². The van der Waals surface area contributed by atoms with Gasteiger partial charge < -0.3 is 0 Å². The minimum Gasteiger partial charge on any atom is -0.250 e. The van der Waals surface area contributed by atoms with E-state index in [1.165, 1.54) is 0 Å². The first kappa shape index (κ1) is 11.6. The van der Waals surface area contributed by atoms with Crippen molar-refractivity contribution in [2.24, 2.45) is 5.41 Å². The molecule has 0 radical (unpaired) electrons. The normalized spacial score (nSPS) is 14.5. The van der Waals surface area contributed by atoms with Gasteiger partial charge in [-0.15, -0.1) is 0 Å². The topological polar surface area (TPSA) is 17.8 Å². The summed E-state index contributed by atoms with van der Waals surface area (Å²) in [6.07, 6.45) is 0. The maximum Gasteiger partial charge on any atom is 0.130 e. The molecule has 1 atom stereocenters. The maximum absolute atomic E-state index is 6.22. The van der Waals surface area contributed by atoms with E-state index in [0.29, 0.717) is 6.04 Å². The fraction of sp³-hybridized carbons (Fsp3) is 0.727. The van der Waals surface area contributed by atoms with E-state index in [4.69, 9.17) is 11.6 Å². The number of nitrogens with zero attached hydrogens (tertiary/aromatic N) is 2. The second-order valence-corrected chi connectivity index (χ2v) is 5.35. The second-order valence-electron chi connectivity index (χ2n) is 4.99. The van der Waals surface area contributed by atoms with Gasteiger partial charge in [0.25, 0.3) is 0 Å². The van der Waals surface area contributed by atoms with Crippen LogP contribution in [0.2, 0.25) is 5.15 Å². The summed E-state index contributed by atoms with van der Waals surface area (Å²) in [4.78, 5) is 0. The monoisotopic (exact) mass is 214 g/mol. The highest BCUT2D eigenvalue weighted by atomic mass is 35.5. The number of hydrogen-bond donors (Lipinski definition) is 0. The van der Waals surface area contributed by atoms with Crippen LogP contribution in [0.1, 0.15) is 45.0 Å². The third-order valence-electron chi connectivity index (χ3n) is 2.93. The minimum atomic E-state index is 0.175. The Morgan fingerprint density at radius 3 is 2.07 bits per heavy atom. The maximum atomic E-state index is 6.22. The van der Waals surface area contributed by atoms with Crippen molar-refractivity contribution in [2.45, 2.75) is 47.6 Å². The molecule has 1 aromatic heterocycles. The van der Waals surface area contributed by atoms with Gasteiger partial charge >= 0.3 is 0 Å². The molecule has 0 saturated heterocycles. The van der Waals surface area contributed by atoms with Gasteiger partial charge in [0.2, 0.25) is 0 Å². The lowest BCUT2D eigenvalue weighted by molar-refractivity contribution is 0.244. The zero-order valence-corrected chi connectivity index (χ0v) is 10.6. The third-order valence-corrected chi connectivity index (χ3v) is 3.39. The van der Waals surface area contributed by atoms with Crippen molar-refractivity contribution in [3.63, 3.8) is 0 Å². The molecule has 0 aliphatic heterocycles. The van der Waals surface area contributed by atoms with E-state index >= 15 is 0 Å². The Hall–Kier alpha value is -0.500. The first-order chi connectivity index (χ1) is 6.25. The highest BCUT2D eigenvalue weighted by Crippen LogP contribution is 2.33. The van der Waals surface area contributed by atoms with Crippen LogP contribution in [0, 0.1) is 19.3 Å². The van der Waals surface area contributed by atoms with Crippen LogP contribution in [0.25, 0.3) is 0 Å². The third kappa shape index (κ3) is 1.95. The molecule has 0 bridgehead atoms. The molecule has 0 spiro atoms. The molecule has 0 saturated carbocycles. The molecule has 14 heavy (non-hydrogen) atoms. The molecule has 0 fully saturated rings. The van der Waals surface area contributed by atoms with Crippen LogP contribution in [0.5, 0.6) is 0 Å². The molecule has 2 nitrogen and oxygen atoms in total. The van der Waals surface area contributed by atoms with Crippen LogP contribution in [0.15, 0.2) is 0 Å². The smallest absolute Gasteiger partial charge is 0.130 e. The fourth-order valence-electron chi connectivity index (χ4n) is 1.23. The molecule has 1 heterocycles. The van der Waals surface area contributed by atoms with E-state index in [9.17, 15) is 0 Å². The van der Waals surface area contributed by atoms with E-state index in [-0.39, 0.29) is 5.41 Å². The van der Waals surface area contributed by atoms with Crippen molar-refractivity contribution in [1.29, 1.82) is 0 Å². The summed E-state index contributed by atoms with van der Waals surface area (Å²) < 4.78 is 1.92. The van der Waals surface area contributed by atoms with Crippen molar-refractivity contribution in [3.05, 3.63) is 16.4 Å². The predicted molar refractivity (Wildman–Crippen MR) is 60.9 cm³/mol. The van der Waals surface area contributed by atoms with Gasteiger partial charge in [-0.1, -0.05) is 32.4 Å². The lowest BCUT2D eigenvalue weighted by atomic mass is 9.88. The number of hydrogen-bond acceptors (Lipinski definition) is 1. The first-order valence-corrected chi connectivity index (χ1v) is 5.34. The summed E-state index contributed by atoms with van der Waals surface area (Å²) in [5, 5.41) is 5.23. The average Bonchev–Trinajstić information content (AvgIpc) is 2.30. The fourth-order valence-corrected chi connectivity index (χ4v) is 1.55. The number of halogens is 1. The minimum absolute atomic E-state index is 0.175. The predicted octanol–water partition coefficient (Wildman–Crippen LogP) is 3.76. The van der Waals surface area contributed by atoms with Gasteiger partial charge in [0.05, 0.1) is 11.7 Å². The standard InChI is InChI=1S/C11H19ClN2/c1-7-8(2)13-14(10(7)12)9(3)11(4,5)6/h9H,1-6H3. The van der Waals surface area contributed by atoms with E-state index < -0.39 is 0 Å². The van der Waals surface area contributed by atoms with Crippen molar-refractivity contribution < 1.29 is 0 Å². The van der Waals surface area contributed by atoms with Gasteiger partial charge in [-0.2, -0.15) is 5.10 Å². The van der Waals surface area contributed by atoms with E-state index in [0.717, 1.165) is 16.4 Å². The van der Waals surface area contributed by atoms with Crippen molar-refractivity contribution in [3.8, 4) is 0 Å². The number of rotatable bonds is 1. The van der Waals surface area contributed by atoms with Crippen molar-refractivity contribution in [1.82, 2.24) is 9.78 Å². The number of aromatic nitrogens is 2. The Labute approximate surface area is 91.3 Å². The zero-order chi connectivity index (χ0) is 11.1. The quantitative estimate of drug-likeness (QED) is 0.696. The summed E-state index contributed by atoms with van der Waals surface area (Å²) in [5.74, 6) is 0. The molecule has 1 aromatic rings. The molecular weight excluding hydrogens is 196 g/mol. The summed E-state index contributed by atoms with van der Waals surface area (Å²) in [6.45, 7) is 12.7. The Morgan fingerprint density at radius 1 is 1.29 bits per heavy atom. The van der Waals surface area contributed by atoms with Gasteiger partial charge in [0, 0.05) is 5.56 Å². The average molecular weight is 215 g/mol. The molecule has 80 valence electrons. The Balaban J connectivity index is 3.14. The Bertz CT molecular complexity index is 334. The van der Waals surface area contributed by atoms with Gasteiger partial charge in [-0.25, -0.2) is 0 Å². The zero-order valence-electron chi connectivity index (χ0n) is 9.85. The van der Waals surface area contributed by atoms with E-state index in [1.807, 2.05) is 18.5 Å². The van der Waals surface area contributed by atoms with Crippen molar-refractivity contribution in [2.75, 3.05) is 0 Å². The Morgan fingerprint density at radius 2 is 1.79 bits per heavy atom. The molecule has 0 aliphatic carbocycles. The molecule has 1 unspecified atom stereocenters. The van der Waals surface area contributed by atoms with Crippen LogP contribution >= 0.6 is 11.6 Å². The molecular formula is C11H19ClN2. The number of aryl methyl sites for hydroxylation is 1. The van der Waals surface area contributed by atoms with Crippen LogP contribution in [-0.2, 0) is 0 Å². The molecule has 0 aliphatic rings. The molecule has 0 aromatic carbocycles. The first-order valence-electron chi connectivity index (χ1n) is 4.96. The molecule has 1 rings (SSSR count). The van der Waals surface area contributed by atoms with E-state index in [2.05, 4.69) is 32.8 Å². The van der Waals surface area contributed by atoms with E-state index in [1.54, 1.807) is 0 Å². The van der Waals surface area contributed by atoms with Gasteiger partial charge in [0.1, 0.15) is 5.15 Å². The summed E-state index contributed by atoms with van der Waals surface area (Å²) in [5.41, 5.74) is 2.28. The van der Waals surface area contributed by atoms with Crippen LogP contribution in [0.4, 0.5) is 0 Å². The van der Waals surface area contributed by atoms with Crippen LogP contribution < -0.4 is 0 Å². The molecule has 3 heteroatoms. The lowest BCUT2D eigenvalue weighted by Gasteiger charge is -2.28. The largest absolute Gasteiger partial charge is 0.250 e. The highest BCUT2D eigenvalue weighted by Gasteiger charge is 2.25. The highest BCUT2D eigenvalue weighted by molar-refractivity contribution is 6.30. The van der Waals surface area contributed by atoms with Gasteiger partial charge in [-0.3, -0.25) is 4.68 Å². The molecule has 0 N–H and O–H groups in total. The summed E-state index contributed by atoms with van der Waals surface area (Å²) in [6, 6.07) is 0.308. The SMILES string of the molecule is Cc1nn(C(C)C(C)(C)C)c(Cl)c1C. The van der Waals surface area contributed by atoms with Crippen LogP contribution in [0.3, 0.4) is 0 Å². The summed E-state index contributed by atoms with van der Waals surface area (Å²) >= 11 is 6.22. The van der Waals surface area contributed by atoms with Crippen LogP contribution in [-0.4, -0.2) is 9.78 Å². The second kappa shape index (κ2) is 3.58. The lowest BCUT2D eigenvalue weighted by Crippen LogP contribution is -2.22. The van der Waals surface area contributed by atoms with Crippen molar-refractivity contribution >= 4 is 11.6 Å². The molecule has 0 amide bonds. The Kier molecular flexibility index (Phi) is 2.96. The van der Waals surface area contributed by atoms with Gasteiger partial charge in [-0.05, 0) is 26.2 Å². The summed E-state index contributed by atoms with van der Waals surface area (Å²) in [7, 11) is 0.